The number of rotatable bonds is 0. The highest BCUT2D eigenvalue weighted by Gasteiger charge is 2.06. The minimum atomic E-state index is -0.371. The van der Waals surface area contributed by atoms with Gasteiger partial charge in [-0.3, -0.25) is 4.79 Å². The fraction of sp³-hybridized carbons (Fsp3) is 0.111. The van der Waals surface area contributed by atoms with Crippen LogP contribution in [-0.2, 0) is 7.05 Å². The van der Waals surface area contributed by atoms with Gasteiger partial charge in [0.25, 0.3) is 5.56 Å². The van der Waals surface area contributed by atoms with Gasteiger partial charge in [0.15, 0.2) is 5.15 Å². The van der Waals surface area contributed by atoms with Crippen molar-refractivity contribution in [2.75, 3.05) is 0 Å². The molecule has 72 valence electrons. The summed E-state index contributed by atoms with van der Waals surface area (Å²) < 4.78 is 1.35. The molecule has 0 bridgehead atoms. The molecule has 5 heteroatoms. The van der Waals surface area contributed by atoms with Gasteiger partial charge in [0.05, 0.1) is 11.0 Å². The highest BCUT2D eigenvalue weighted by Crippen LogP contribution is 2.17. The lowest BCUT2D eigenvalue weighted by molar-refractivity contribution is 0.476. The van der Waals surface area contributed by atoms with Gasteiger partial charge in [-0.25, -0.2) is 4.98 Å². The molecule has 1 heterocycles. The third kappa shape index (κ3) is 1.24. The SMILES string of the molecule is Cn1c(=O)c(Cl)nc2ccc(O)cc21. The average molecular weight is 211 g/mol. The van der Waals surface area contributed by atoms with Gasteiger partial charge in [-0.05, 0) is 12.1 Å². The molecule has 0 radical (unpaired) electrons. The molecule has 1 aromatic carbocycles. The number of benzene rings is 1. The maximum absolute atomic E-state index is 11.4. The summed E-state index contributed by atoms with van der Waals surface area (Å²) in [4.78, 5) is 15.3. The molecule has 2 rings (SSSR count). The van der Waals surface area contributed by atoms with E-state index in [2.05, 4.69) is 4.98 Å². The number of aromatic hydroxyl groups is 1. The first-order chi connectivity index (χ1) is 6.59. The van der Waals surface area contributed by atoms with E-state index in [0.717, 1.165) is 0 Å². The second kappa shape index (κ2) is 2.99. The van der Waals surface area contributed by atoms with Crippen LogP contribution < -0.4 is 5.56 Å². The lowest BCUT2D eigenvalue weighted by Crippen LogP contribution is -2.18. The van der Waals surface area contributed by atoms with Gasteiger partial charge in [-0.2, -0.15) is 0 Å². The number of aromatic nitrogens is 2. The molecular weight excluding hydrogens is 204 g/mol. The standard InChI is InChI=1S/C9H7ClN2O2/c1-12-7-4-5(13)2-3-6(7)11-8(10)9(12)14/h2-4,13H,1H3. The van der Waals surface area contributed by atoms with E-state index in [9.17, 15) is 9.90 Å². The van der Waals surface area contributed by atoms with Gasteiger partial charge >= 0.3 is 0 Å². The lowest BCUT2D eigenvalue weighted by atomic mass is 10.3. The molecule has 0 aliphatic heterocycles. The maximum atomic E-state index is 11.4. The molecule has 2 aromatic rings. The first-order valence-electron chi connectivity index (χ1n) is 3.95. The molecule has 0 saturated heterocycles. The van der Waals surface area contributed by atoms with Gasteiger partial charge in [-0.15, -0.1) is 0 Å². The van der Waals surface area contributed by atoms with Crippen molar-refractivity contribution in [2.24, 2.45) is 7.05 Å². The van der Waals surface area contributed by atoms with Gasteiger partial charge in [0.1, 0.15) is 5.75 Å². The Morgan fingerprint density at radius 1 is 1.50 bits per heavy atom. The van der Waals surface area contributed by atoms with Gasteiger partial charge < -0.3 is 9.67 Å². The molecule has 1 N–H and O–H groups in total. The number of halogens is 1. The van der Waals surface area contributed by atoms with Gasteiger partial charge in [-0.1, -0.05) is 11.6 Å². The lowest BCUT2D eigenvalue weighted by Gasteiger charge is -2.04. The first kappa shape index (κ1) is 9.02. The number of nitrogens with zero attached hydrogens (tertiary/aromatic N) is 2. The summed E-state index contributed by atoms with van der Waals surface area (Å²) >= 11 is 5.63. The van der Waals surface area contributed by atoms with E-state index >= 15 is 0 Å². The molecule has 0 saturated carbocycles. The van der Waals surface area contributed by atoms with Crippen molar-refractivity contribution in [2.45, 2.75) is 0 Å². The van der Waals surface area contributed by atoms with Crippen LogP contribution in [0.15, 0.2) is 23.0 Å². The smallest absolute Gasteiger partial charge is 0.288 e. The third-order valence-corrected chi connectivity index (χ3v) is 2.27. The Morgan fingerprint density at radius 2 is 2.21 bits per heavy atom. The Hall–Kier alpha value is -1.55. The summed E-state index contributed by atoms with van der Waals surface area (Å²) in [7, 11) is 1.58. The number of hydrogen-bond acceptors (Lipinski definition) is 3. The molecule has 0 amide bonds. The monoisotopic (exact) mass is 210 g/mol. The van der Waals surface area contributed by atoms with Crippen molar-refractivity contribution in [3.8, 4) is 5.75 Å². The van der Waals surface area contributed by atoms with Crippen molar-refractivity contribution in [1.29, 1.82) is 0 Å². The molecule has 4 nitrogen and oxygen atoms in total. The van der Waals surface area contributed by atoms with Crippen molar-refractivity contribution in [3.05, 3.63) is 33.7 Å². The molecule has 0 atom stereocenters. The number of hydrogen-bond donors (Lipinski definition) is 1. The second-order valence-electron chi connectivity index (χ2n) is 2.94. The number of aryl methyl sites for hydroxylation is 1. The Bertz CT molecular complexity index is 562. The fourth-order valence-electron chi connectivity index (χ4n) is 1.28. The largest absolute Gasteiger partial charge is 0.508 e. The minimum absolute atomic E-state index is 0.0642. The van der Waals surface area contributed by atoms with Crippen molar-refractivity contribution >= 4 is 22.6 Å². The molecule has 0 fully saturated rings. The summed E-state index contributed by atoms with van der Waals surface area (Å²) in [5.41, 5.74) is 0.763. The molecule has 0 aliphatic carbocycles. The zero-order valence-electron chi connectivity index (χ0n) is 7.36. The Kier molecular flexibility index (Phi) is 1.93. The van der Waals surface area contributed by atoms with E-state index < -0.39 is 0 Å². The van der Waals surface area contributed by atoms with Crippen LogP contribution in [0, 0.1) is 0 Å². The molecule has 0 spiro atoms. The van der Waals surface area contributed by atoms with Crippen LogP contribution in [0.2, 0.25) is 5.15 Å². The Balaban J connectivity index is 2.99. The molecule has 0 unspecified atom stereocenters. The van der Waals surface area contributed by atoms with Crippen LogP contribution in [0.25, 0.3) is 11.0 Å². The van der Waals surface area contributed by atoms with E-state index in [1.807, 2.05) is 0 Å². The van der Waals surface area contributed by atoms with E-state index in [4.69, 9.17) is 11.6 Å². The van der Waals surface area contributed by atoms with Crippen LogP contribution in [-0.4, -0.2) is 14.7 Å². The summed E-state index contributed by atoms with van der Waals surface area (Å²) in [6, 6.07) is 4.58. The normalized spacial score (nSPS) is 10.7. The molecular formula is C9H7ClN2O2. The summed E-state index contributed by atoms with van der Waals surface area (Å²) in [6.45, 7) is 0. The number of phenolic OH excluding ortho intramolecular Hbond substituents is 1. The predicted octanol–water partition coefficient (Wildman–Crippen LogP) is 1.29. The number of phenols is 1. The zero-order chi connectivity index (χ0) is 10.3. The highest BCUT2D eigenvalue weighted by atomic mass is 35.5. The Morgan fingerprint density at radius 3 is 2.93 bits per heavy atom. The Labute approximate surface area is 84.4 Å². The van der Waals surface area contributed by atoms with E-state index in [1.54, 1.807) is 13.1 Å². The predicted molar refractivity (Wildman–Crippen MR) is 53.7 cm³/mol. The molecule has 0 aliphatic rings. The minimum Gasteiger partial charge on any atom is -0.508 e. The van der Waals surface area contributed by atoms with Gasteiger partial charge in [0, 0.05) is 13.1 Å². The van der Waals surface area contributed by atoms with Crippen LogP contribution in [0.3, 0.4) is 0 Å². The highest BCUT2D eigenvalue weighted by molar-refractivity contribution is 6.29. The second-order valence-corrected chi connectivity index (χ2v) is 3.30. The van der Waals surface area contributed by atoms with Crippen LogP contribution in [0.5, 0.6) is 5.75 Å². The van der Waals surface area contributed by atoms with E-state index in [-0.39, 0.29) is 16.5 Å². The quantitative estimate of drug-likeness (QED) is 0.713. The average Bonchev–Trinajstić information content (AvgIpc) is 2.16. The maximum Gasteiger partial charge on any atom is 0.288 e. The third-order valence-electron chi connectivity index (χ3n) is 2.02. The fourth-order valence-corrected chi connectivity index (χ4v) is 1.49. The van der Waals surface area contributed by atoms with Crippen LogP contribution in [0.4, 0.5) is 0 Å². The number of fused-ring (bicyclic) bond motifs is 1. The summed E-state index contributed by atoms with van der Waals surface area (Å²) in [5.74, 6) is 0.0941. The van der Waals surface area contributed by atoms with E-state index in [1.165, 1.54) is 16.7 Å². The van der Waals surface area contributed by atoms with Crippen LogP contribution >= 0.6 is 11.6 Å². The summed E-state index contributed by atoms with van der Waals surface area (Å²) in [5, 5.41) is 9.17. The van der Waals surface area contributed by atoms with Gasteiger partial charge in [0.2, 0.25) is 0 Å². The van der Waals surface area contributed by atoms with Crippen molar-refractivity contribution in [3.63, 3.8) is 0 Å². The summed E-state index contributed by atoms with van der Waals surface area (Å²) in [6.07, 6.45) is 0. The van der Waals surface area contributed by atoms with Crippen molar-refractivity contribution in [1.82, 2.24) is 9.55 Å². The zero-order valence-corrected chi connectivity index (χ0v) is 8.12. The first-order valence-corrected chi connectivity index (χ1v) is 4.32. The van der Waals surface area contributed by atoms with Crippen LogP contribution in [0.1, 0.15) is 0 Å². The molecule has 14 heavy (non-hydrogen) atoms. The van der Waals surface area contributed by atoms with E-state index in [0.29, 0.717) is 11.0 Å². The van der Waals surface area contributed by atoms with Crippen molar-refractivity contribution < 1.29 is 5.11 Å². The topological polar surface area (TPSA) is 55.1 Å². The molecule has 1 aromatic heterocycles.